The molecule has 0 aliphatic rings. The van der Waals surface area contributed by atoms with Crippen molar-refractivity contribution in [3.63, 3.8) is 0 Å². The number of rotatable bonds is 2. The Kier molecular flexibility index (Phi) is 3.16. The molecule has 0 fully saturated rings. The Bertz CT molecular complexity index is 1050. The molecule has 1 aromatic carbocycles. The monoisotopic (exact) mass is 373 g/mol. The van der Waals surface area contributed by atoms with Gasteiger partial charge in [-0.25, -0.2) is 4.40 Å². The van der Waals surface area contributed by atoms with Crippen LogP contribution in [0.5, 0.6) is 0 Å². The number of aromatic nitrogens is 3. The number of fused-ring (bicyclic) bond motifs is 1. The molecule has 0 amide bonds. The molecule has 0 bridgehead atoms. The predicted octanol–water partition coefficient (Wildman–Crippen LogP) is 2.72. The fraction of sp³-hybridized carbons (Fsp3) is 0. The highest BCUT2D eigenvalue weighted by Gasteiger charge is 2.14. The van der Waals surface area contributed by atoms with Crippen LogP contribution in [0.2, 0.25) is 0 Å². The second-order valence-electron chi connectivity index (χ2n) is 4.58. The van der Waals surface area contributed by atoms with Gasteiger partial charge in [-0.15, -0.1) is 10.2 Å². The maximum Gasteiger partial charge on any atom is 0.276 e. The Morgan fingerprint density at radius 3 is 2.73 bits per heavy atom. The molecule has 3 aromatic heterocycles. The molecule has 0 saturated heterocycles. The number of hydrogen-bond acceptors (Lipinski definition) is 5. The van der Waals surface area contributed by atoms with E-state index < -0.39 is 0 Å². The summed E-state index contributed by atoms with van der Waals surface area (Å²) >= 11 is 4.69. The third kappa shape index (κ3) is 2.18. The molecule has 4 rings (SSSR count). The van der Waals surface area contributed by atoms with E-state index in [2.05, 4.69) is 26.1 Å². The van der Waals surface area contributed by atoms with Crippen molar-refractivity contribution in [2.24, 2.45) is 0 Å². The third-order valence-electron chi connectivity index (χ3n) is 3.17. The lowest BCUT2D eigenvalue weighted by Gasteiger charge is -1.96. The van der Waals surface area contributed by atoms with E-state index in [1.54, 1.807) is 24.5 Å². The van der Waals surface area contributed by atoms with Crippen LogP contribution in [-0.4, -0.2) is 14.6 Å². The van der Waals surface area contributed by atoms with E-state index in [-0.39, 0.29) is 5.56 Å². The van der Waals surface area contributed by atoms with Crippen LogP contribution in [0.1, 0.15) is 5.76 Å². The highest BCUT2D eigenvalue weighted by molar-refractivity contribution is 9.10. The summed E-state index contributed by atoms with van der Waals surface area (Å²) in [6.07, 6.45) is 3.29. The summed E-state index contributed by atoms with van der Waals surface area (Å²) in [5.74, 6) is 1.18. The minimum atomic E-state index is -0.140. The van der Waals surface area contributed by atoms with Crippen molar-refractivity contribution in [2.75, 3.05) is 0 Å². The van der Waals surface area contributed by atoms with E-state index >= 15 is 0 Å². The summed E-state index contributed by atoms with van der Waals surface area (Å²) in [5, 5.41) is 8.22. The van der Waals surface area contributed by atoms with E-state index in [1.165, 1.54) is 15.7 Å². The zero-order valence-electron chi connectivity index (χ0n) is 11.1. The number of nitrogens with zero attached hydrogens (tertiary/aromatic N) is 3. The van der Waals surface area contributed by atoms with Gasteiger partial charge in [-0.2, -0.15) is 0 Å². The lowest BCUT2D eigenvalue weighted by molar-refractivity contribution is 0.556. The van der Waals surface area contributed by atoms with Gasteiger partial charge >= 0.3 is 0 Å². The van der Waals surface area contributed by atoms with Crippen LogP contribution in [0.3, 0.4) is 0 Å². The maximum absolute atomic E-state index is 12.6. The average molecular weight is 374 g/mol. The molecule has 22 heavy (non-hydrogen) atoms. The Balaban J connectivity index is 1.94. The van der Waals surface area contributed by atoms with Crippen molar-refractivity contribution in [3.8, 4) is 11.4 Å². The first kappa shape index (κ1) is 13.4. The van der Waals surface area contributed by atoms with Gasteiger partial charge in [0.1, 0.15) is 10.3 Å². The van der Waals surface area contributed by atoms with Crippen molar-refractivity contribution < 1.29 is 4.42 Å². The molecule has 5 nitrogen and oxygen atoms in total. The SMILES string of the molecule is O=c1/c(=C/c2ccco2)sc2nnc(-c3ccc(Br)cc3)n12. The molecule has 4 aromatic rings. The van der Waals surface area contributed by atoms with Gasteiger partial charge < -0.3 is 4.42 Å². The normalized spacial score (nSPS) is 12.3. The molecule has 0 spiro atoms. The van der Waals surface area contributed by atoms with Gasteiger partial charge in [-0.1, -0.05) is 39.4 Å². The topological polar surface area (TPSA) is 60.4 Å². The van der Waals surface area contributed by atoms with Crippen LogP contribution < -0.4 is 10.1 Å². The van der Waals surface area contributed by atoms with E-state index in [9.17, 15) is 4.79 Å². The highest BCUT2D eigenvalue weighted by atomic mass is 79.9. The van der Waals surface area contributed by atoms with Crippen molar-refractivity contribution in [3.05, 3.63) is 67.8 Å². The molecule has 0 aliphatic heterocycles. The zero-order chi connectivity index (χ0) is 15.1. The van der Waals surface area contributed by atoms with Crippen LogP contribution in [0.25, 0.3) is 22.4 Å². The minimum Gasteiger partial charge on any atom is -0.465 e. The summed E-state index contributed by atoms with van der Waals surface area (Å²) < 4.78 is 8.32. The van der Waals surface area contributed by atoms with E-state index in [0.29, 0.717) is 21.1 Å². The fourth-order valence-electron chi connectivity index (χ4n) is 2.15. The Hall–Kier alpha value is -2.25. The van der Waals surface area contributed by atoms with Crippen LogP contribution in [0, 0.1) is 0 Å². The van der Waals surface area contributed by atoms with Crippen LogP contribution in [-0.2, 0) is 0 Å². The summed E-state index contributed by atoms with van der Waals surface area (Å²) in [6, 6.07) is 11.2. The summed E-state index contributed by atoms with van der Waals surface area (Å²) in [7, 11) is 0. The molecule has 0 saturated carbocycles. The van der Waals surface area contributed by atoms with Gasteiger partial charge in [-0.3, -0.25) is 4.79 Å². The van der Waals surface area contributed by atoms with E-state index in [1.807, 2.05) is 24.3 Å². The average Bonchev–Trinajstić information content (AvgIpc) is 3.21. The lowest BCUT2D eigenvalue weighted by Crippen LogP contribution is -2.23. The van der Waals surface area contributed by atoms with Gasteiger partial charge in [0, 0.05) is 16.1 Å². The predicted molar refractivity (Wildman–Crippen MR) is 87.8 cm³/mol. The molecule has 108 valence electrons. The van der Waals surface area contributed by atoms with Gasteiger partial charge in [0.25, 0.3) is 5.56 Å². The number of benzene rings is 1. The number of furan rings is 1. The standard InChI is InChI=1S/C15H8BrN3O2S/c16-10-5-3-9(4-6-10)13-17-18-15-19(13)14(20)12(22-15)8-11-2-1-7-21-11/h1-8H/b12-8-. The molecule has 0 unspecified atom stereocenters. The molecule has 0 radical (unpaired) electrons. The van der Waals surface area contributed by atoms with Gasteiger partial charge in [0.15, 0.2) is 5.82 Å². The molecular formula is C15H8BrN3O2S. The second-order valence-corrected chi connectivity index (χ2v) is 6.50. The van der Waals surface area contributed by atoms with Crippen LogP contribution in [0.15, 0.2) is 56.3 Å². The fourth-order valence-corrected chi connectivity index (χ4v) is 3.31. The number of hydrogen-bond donors (Lipinski definition) is 0. The summed E-state index contributed by atoms with van der Waals surface area (Å²) in [6.45, 7) is 0. The minimum absolute atomic E-state index is 0.140. The van der Waals surface area contributed by atoms with Crippen molar-refractivity contribution in [1.82, 2.24) is 14.6 Å². The van der Waals surface area contributed by atoms with Crippen LogP contribution >= 0.6 is 27.3 Å². The van der Waals surface area contributed by atoms with Gasteiger partial charge in [0.05, 0.1) is 6.26 Å². The Morgan fingerprint density at radius 1 is 1.18 bits per heavy atom. The largest absolute Gasteiger partial charge is 0.465 e. The van der Waals surface area contributed by atoms with E-state index in [4.69, 9.17) is 4.42 Å². The summed E-state index contributed by atoms with van der Waals surface area (Å²) in [4.78, 5) is 13.2. The smallest absolute Gasteiger partial charge is 0.276 e. The quantitative estimate of drug-likeness (QED) is 0.541. The molecule has 0 aliphatic carbocycles. The third-order valence-corrected chi connectivity index (χ3v) is 4.66. The van der Waals surface area contributed by atoms with Crippen molar-refractivity contribution >= 4 is 38.3 Å². The van der Waals surface area contributed by atoms with Gasteiger partial charge in [-0.05, 0) is 24.3 Å². The number of halogens is 1. The second kappa shape index (κ2) is 5.19. The van der Waals surface area contributed by atoms with E-state index in [0.717, 1.165) is 10.0 Å². The van der Waals surface area contributed by atoms with Crippen molar-refractivity contribution in [1.29, 1.82) is 0 Å². The van der Waals surface area contributed by atoms with Gasteiger partial charge in [0.2, 0.25) is 4.96 Å². The highest BCUT2D eigenvalue weighted by Crippen LogP contribution is 2.20. The first-order valence-corrected chi connectivity index (χ1v) is 8.02. The maximum atomic E-state index is 12.6. The molecular weight excluding hydrogens is 366 g/mol. The molecule has 0 atom stereocenters. The number of thiazole rings is 1. The van der Waals surface area contributed by atoms with Crippen LogP contribution in [0.4, 0.5) is 0 Å². The summed E-state index contributed by atoms with van der Waals surface area (Å²) in [5.41, 5.74) is 0.703. The Morgan fingerprint density at radius 2 is 2.00 bits per heavy atom. The first-order valence-electron chi connectivity index (χ1n) is 6.41. The Labute approximate surface area is 136 Å². The molecule has 7 heteroatoms. The van der Waals surface area contributed by atoms with Crippen molar-refractivity contribution in [2.45, 2.75) is 0 Å². The molecule has 3 heterocycles. The lowest BCUT2D eigenvalue weighted by atomic mass is 10.2. The first-order chi connectivity index (χ1) is 10.7. The molecule has 0 N–H and O–H groups in total. The zero-order valence-corrected chi connectivity index (χ0v) is 13.5.